The Bertz CT molecular complexity index is 411. The topological polar surface area (TPSA) is 94.5 Å². The average molecular weight is 351 g/mol. The Balaban J connectivity index is 0. The summed E-state index contributed by atoms with van der Waals surface area (Å²) in [6.07, 6.45) is -3.78. The number of carbonyl (C=O) groups is 1. The van der Waals surface area contributed by atoms with Crippen LogP contribution in [0.15, 0.2) is 0 Å². The van der Waals surface area contributed by atoms with Crippen LogP contribution in [0.2, 0.25) is 0 Å². The van der Waals surface area contributed by atoms with E-state index in [4.69, 9.17) is 14.5 Å². The fourth-order valence-electron chi connectivity index (χ4n) is 1.88. The minimum Gasteiger partial charge on any atom is -0.542 e. The fraction of sp³-hybridized carbons (Fsp3) is 0.917. The molecule has 0 unspecified atom stereocenters. The molecule has 0 aliphatic carbocycles. The molecule has 0 radical (unpaired) electrons. The number of rotatable bonds is 8. The van der Waals surface area contributed by atoms with Gasteiger partial charge < -0.3 is 14.4 Å². The van der Waals surface area contributed by atoms with E-state index < -0.39 is 22.3 Å². The molecule has 22 heavy (non-hydrogen) atoms. The zero-order valence-corrected chi connectivity index (χ0v) is 13.8. The molecule has 0 aliphatic heterocycles. The first-order valence-corrected chi connectivity index (χ1v) is 8.53. The van der Waals surface area contributed by atoms with Gasteiger partial charge in [0.2, 0.25) is 0 Å². The van der Waals surface area contributed by atoms with Crippen LogP contribution in [-0.4, -0.2) is 61.5 Å². The molecule has 0 aliphatic rings. The lowest BCUT2D eigenvalue weighted by atomic mass is 10.2. The van der Waals surface area contributed by atoms with Crippen LogP contribution in [0, 0.1) is 0 Å². The van der Waals surface area contributed by atoms with Crippen LogP contribution in [0.1, 0.15) is 33.6 Å². The van der Waals surface area contributed by atoms with Crippen molar-refractivity contribution in [2.24, 2.45) is 0 Å². The number of hydrogen-bond acceptors (Lipinski definition) is 4. The van der Waals surface area contributed by atoms with E-state index >= 15 is 0 Å². The maximum atomic E-state index is 10.5. The van der Waals surface area contributed by atoms with E-state index in [1.54, 1.807) is 0 Å². The number of nitrogens with zero attached hydrogens (tertiary/aromatic N) is 1. The largest absolute Gasteiger partial charge is 0.542 e. The van der Waals surface area contributed by atoms with Gasteiger partial charge in [-0.15, -0.1) is 0 Å². The first-order valence-electron chi connectivity index (χ1n) is 6.92. The van der Waals surface area contributed by atoms with Gasteiger partial charge in [0.25, 0.3) is 10.1 Å². The van der Waals surface area contributed by atoms with E-state index in [1.807, 2.05) is 0 Å². The third-order valence-corrected chi connectivity index (χ3v) is 4.33. The third-order valence-electron chi connectivity index (χ3n) is 3.53. The van der Waals surface area contributed by atoms with E-state index in [0.717, 1.165) is 37.1 Å². The van der Waals surface area contributed by atoms with Crippen LogP contribution < -0.4 is 5.11 Å². The molecule has 0 fully saturated rings. The summed E-state index contributed by atoms with van der Waals surface area (Å²) in [5, 5.41) is 8.78. The molecule has 0 saturated heterocycles. The van der Waals surface area contributed by atoms with Crippen molar-refractivity contribution in [2.45, 2.75) is 39.8 Å². The van der Waals surface area contributed by atoms with E-state index in [2.05, 4.69) is 20.8 Å². The summed E-state index contributed by atoms with van der Waals surface area (Å²) in [5.41, 5.74) is 0. The number of hydrogen-bond donors (Lipinski definition) is 1. The van der Waals surface area contributed by atoms with Crippen LogP contribution in [-0.2, 0) is 14.9 Å². The van der Waals surface area contributed by atoms with Crippen molar-refractivity contribution in [1.29, 1.82) is 0 Å². The SMILES string of the molecule is CC[N+](CC)(CC)CCCCS(=O)(=O)O.O=C([O-])C(F)(F)F. The predicted octanol–water partition coefficient (Wildman–Crippen LogP) is 0.830. The molecule has 0 bridgehead atoms. The number of unbranched alkanes of at least 4 members (excludes halogenated alkanes) is 1. The van der Waals surface area contributed by atoms with E-state index in [-0.39, 0.29) is 5.75 Å². The van der Waals surface area contributed by atoms with Gasteiger partial charge >= 0.3 is 6.18 Å². The minimum atomic E-state index is -5.19. The van der Waals surface area contributed by atoms with Gasteiger partial charge in [0.1, 0.15) is 5.97 Å². The molecule has 0 atom stereocenters. The van der Waals surface area contributed by atoms with Gasteiger partial charge in [0.05, 0.1) is 31.9 Å². The molecule has 0 aromatic carbocycles. The number of carboxylic acid groups (broad SMARTS) is 1. The third kappa shape index (κ3) is 11.8. The molecule has 134 valence electrons. The van der Waals surface area contributed by atoms with Crippen LogP contribution in [0.25, 0.3) is 0 Å². The fourth-order valence-corrected chi connectivity index (χ4v) is 2.45. The van der Waals surface area contributed by atoms with E-state index in [1.165, 1.54) is 0 Å². The molecule has 0 rings (SSSR count). The summed E-state index contributed by atoms with van der Waals surface area (Å²) in [7, 11) is -3.77. The number of halogens is 3. The second kappa shape index (κ2) is 10.0. The summed E-state index contributed by atoms with van der Waals surface area (Å²) in [4.78, 5) is 8.78. The number of carboxylic acids is 1. The van der Waals surface area contributed by atoms with Crippen molar-refractivity contribution < 1.29 is 40.5 Å². The van der Waals surface area contributed by atoms with Gasteiger partial charge in [0, 0.05) is 0 Å². The molecule has 6 nitrogen and oxygen atoms in total. The van der Waals surface area contributed by atoms with Gasteiger partial charge in [-0.1, -0.05) is 0 Å². The molecule has 0 aromatic heterocycles. The average Bonchev–Trinajstić information content (AvgIpc) is 2.38. The van der Waals surface area contributed by atoms with Crippen molar-refractivity contribution in [2.75, 3.05) is 31.9 Å². The summed E-state index contributed by atoms with van der Waals surface area (Å²) < 4.78 is 62.2. The number of quaternary nitrogens is 1. The van der Waals surface area contributed by atoms with Crippen LogP contribution >= 0.6 is 0 Å². The van der Waals surface area contributed by atoms with Gasteiger partial charge in [-0.2, -0.15) is 21.6 Å². The second-order valence-electron chi connectivity index (χ2n) is 4.79. The van der Waals surface area contributed by atoms with Gasteiger partial charge in [0.15, 0.2) is 0 Å². The minimum absolute atomic E-state index is 0.107. The quantitative estimate of drug-likeness (QED) is 0.397. The van der Waals surface area contributed by atoms with Gasteiger partial charge in [-0.3, -0.25) is 4.55 Å². The number of alkyl halides is 3. The summed E-state index contributed by atoms with van der Waals surface area (Å²) in [6.45, 7) is 10.7. The summed E-state index contributed by atoms with van der Waals surface area (Å²) in [5.74, 6) is -3.11. The highest BCUT2D eigenvalue weighted by atomic mass is 32.2. The Kier molecular flexibility index (Phi) is 10.6. The van der Waals surface area contributed by atoms with Crippen molar-refractivity contribution in [3.05, 3.63) is 0 Å². The normalized spacial score (nSPS) is 12.5. The van der Waals surface area contributed by atoms with E-state index in [0.29, 0.717) is 6.42 Å². The number of carbonyl (C=O) groups excluding carboxylic acids is 1. The molecule has 0 spiro atoms. The highest BCUT2D eigenvalue weighted by Crippen LogP contribution is 2.11. The van der Waals surface area contributed by atoms with Crippen molar-refractivity contribution in [3.63, 3.8) is 0 Å². The molecule has 0 saturated carbocycles. The van der Waals surface area contributed by atoms with Gasteiger partial charge in [-0.05, 0) is 33.6 Å². The van der Waals surface area contributed by atoms with Crippen molar-refractivity contribution in [1.82, 2.24) is 0 Å². The lowest BCUT2D eigenvalue weighted by Crippen LogP contribution is -2.48. The first-order chi connectivity index (χ1) is 9.83. The van der Waals surface area contributed by atoms with Crippen LogP contribution in [0.5, 0.6) is 0 Å². The van der Waals surface area contributed by atoms with Crippen molar-refractivity contribution >= 4 is 16.1 Å². The second-order valence-corrected chi connectivity index (χ2v) is 6.36. The Labute approximate surface area is 129 Å². The monoisotopic (exact) mass is 351 g/mol. The maximum Gasteiger partial charge on any atom is 0.430 e. The molecule has 0 amide bonds. The molecule has 0 heterocycles. The maximum absolute atomic E-state index is 10.5. The smallest absolute Gasteiger partial charge is 0.430 e. The van der Waals surface area contributed by atoms with E-state index in [9.17, 15) is 21.6 Å². The Morgan fingerprint density at radius 1 is 1.09 bits per heavy atom. The highest BCUT2D eigenvalue weighted by molar-refractivity contribution is 7.85. The molecule has 1 N–H and O–H groups in total. The summed E-state index contributed by atoms with van der Waals surface area (Å²) >= 11 is 0. The van der Waals surface area contributed by atoms with Gasteiger partial charge in [-0.25, -0.2) is 0 Å². The molecular formula is C12H24F3NO5S. The molecular weight excluding hydrogens is 327 g/mol. The number of aliphatic carboxylic acids is 1. The highest BCUT2D eigenvalue weighted by Gasteiger charge is 2.28. The van der Waals surface area contributed by atoms with Crippen molar-refractivity contribution in [3.8, 4) is 0 Å². The van der Waals surface area contributed by atoms with Crippen LogP contribution in [0.3, 0.4) is 0 Å². The molecule has 10 heteroatoms. The lowest BCUT2D eigenvalue weighted by Gasteiger charge is -2.35. The Morgan fingerprint density at radius 3 is 1.68 bits per heavy atom. The zero-order chi connectivity index (χ0) is 18.0. The standard InChI is InChI=1S/C10H23NO3S.C2HF3O2/c1-4-11(5-2,6-3)9-7-8-10-15(12,13)14;3-2(4,5)1(6)7/h4-10H2,1-3H3;(H,6,7). The molecule has 0 aromatic rings. The summed E-state index contributed by atoms with van der Waals surface area (Å²) in [6, 6.07) is 0. The first kappa shape index (κ1) is 23.4. The van der Waals surface area contributed by atoms with Crippen LogP contribution in [0.4, 0.5) is 13.2 Å². The Morgan fingerprint density at radius 2 is 1.45 bits per heavy atom. The zero-order valence-electron chi connectivity index (χ0n) is 13.0. The Hall–Kier alpha value is -0.870. The predicted molar refractivity (Wildman–Crippen MR) is 73.5 cm³/mol. The lowest BCUT2D eigenvalue weighted by molar-refractivity contribution is -0.923.